The average molecular weight is 113 g/mol. The molecular weight excluding hydrogens is 106 g/mol. The van der Waals surface area contributed by atoms with Gasteiger partial charge in [-0.25, -0.2) is 0 Å². The minimum absolute atomic E-state index is 0.0741. The molecule has 44 valence electrons. The first-order valence-electron chi connectivity index (χ1n) is 2.46. The maximum atomic E-state index is 10.5. The molecule has 0 aromatic heterocycles. The van der Waals surface area contributed by atoms with Crippen molar-refractivity contribution in [1.29, 1.82) is 0 Å². The first-order chi connectivity index (χ1) is 3.64. The first kappa shape index (κ1) is 5.28. The van der Waals surface area contributed by atoms with Gasteiger partial charge in [0.1, 0.15) is 5.92 Å². The molecule has 0 saturated carbocycles. The fourth-order valence-corrected chi connectivity index (χ4v) is 0.729. The lowest BCUT2D eigenvalue weighted by atomic mass is 10.0. The minimum atomic E-state index is -0.375. The Bertz CT molecular complexity index is 123. The van der Waals surface area contributed by atoms with Crippen molar-refractivity contribution in [3.05, 3.63) is 0 Å². The molecule has 0 N–H and O–H groups in total. The monoisotopic (exact) mass is 113 g/mol. The topological polar surface area (TPSA) is 37.4 Å². The largest absolute Gasteiger partial charge is 0.284 e. The van der Waals surface area contributed by atoms with E-state index >= 15 is 0 Å². The van der Waals surface area contributed by atoms with Crippen LogP contribution in [0.15, 0.2) is 0 Å². The summed E-state index contributed by atoms with van der Waals surface area (Å²) >= 11 is 0. The van der Waals surface area contributed by atoms with E-state index < -0.39 is 0 Å². The highest BCUT2D eigenvalue weighted by Gasteiger charge is 2.39. The van der Waals surface area contributed by atoms with Crippen LogP contribution in [0, 0.1) is 5.92 Å². The third-order valence-corrected chi connectivity index (χ3v) is 1.40. The Balaban J connectivity index is 2.68. The number of hydrogen-bond donors (Lipinski definition) is 0. The second-order valence-electron chi connectivity index (χ2n) is 1.96. The first-order valence-corrected chi connectivity index (χ1v) is 2.46. The molecule has 2 amide bonds. The van der Waals surface area contributed by atoms with E-state index in [9.17, 15) is 9.59 Å². The highest BCUT2D eigenvalue weighted by Crippen LogP contribution is 2.14. The molecule has 1 heterocycles. The zero-order valence-corrected chi connectivity index (χ0v) is 4.84. The van der Waals surface area contributed by atoms with E-state index in [4.69, 9.17) is 0 Å². The van der Waals surface area contributed by atoms with Crippen molar-refractivity contribution in [1.82, 2.24) is 4.90 Å². The summed E-state index contributed by atoms with van der Waals surface area (Å²) in [6, 6.07) is 0. The Morgan fingerprint density at radius 1 is 1.38 bits per heavy atom. The van der Waals surface area contributed by atoms with Crippen molar-refractivity contribution in [3.8, 4) is 0 Å². The second kappa shape index (κ2) is 1.31. The van der Waals surface area contributed by atoms with Gasteiger partial charge in [-0.05, 0) is 6.92 Å². The van der Waals surface area contributed by atoms with Gasteiger partial charge in [0.2, 0.25) is 11.8 Å². The van der Waals surface area contributed by atoms with Crippen LogP contribution < -0.4 is 0 Å². The Hall–Kier alpha value is -0.860. The number of amides is 2. The van der Waals surface area contributed by atoms with Crippen molar-refractivity contribution >= 4 is 11.8 Å². The summed E-state index contributed by atoms with van der Waals surface area (Å²) in [4.78, 5) is 22.1. The van der Waals surface area contributed by atoms with Gasteiger partial charge < -0.3 is 0 Å². The molecule has 3 nitrogen and oxygen atoms in total. The molecule has 0 unspecified atom stereocenters. The lowest BCUT2D eigenvalue weighted by Crippen LogP contribution is -2.53. The van der Waals surface area contributed by atoms with Crippen LogP contribution in [-0.4, -0.2) is 23.8 Å². The van der Waals surface area contributed by atoms with Gasteiger partial charge in [-0.1, -0.05) is 0 Å². The second-order valence-corrected chi connectivity index (χ2v) is 1.96. The predicted octanol–water partition coefficient (Wildman–Crippen LogP) is -0.379. The average Bonchev–Trinajstić information content (AvgIpc) is 1.83. The molecule has 0 aromatic carbocycles. The van der Waals surface area contributed by atoms with Crippen molar-refractivity contribution in [3.63, 3.8) is 0 Å². The maximum Gasteiger partial charge on any atom is 0.241 e. The number of rotatable bonds is 0. The highest BCUT2D eigenvalue weighted by atomic mass is 16.2. The van der Waals surface area contributed by atoms with Gasteiger partial charge in [0.25, 0.3) is 0 Å². The van der Waals surface area contributed by atoms with Crippen molar-refractivity contribution in [2.24, 2.45) is 5.92 Å². The van der Waals surface area contributed by atoms with Crippen molar-refractivity contribution < 1.29 is 9.59 Å². The Morgan fingerprint density at radius 3 is 1.88 bits per heavy atom. The molecule has 1 rings (SSSR count). The number of β-lactam (4-membered cyclic amide) rings is 2. The molecule has 1 aliphatic heterocycles. The zero-order valence-electron chi connectivity index (χ0n) is 4.84. The van der Waals surface area contributed by atoms with Crippen LogP contribution in [0.2, 0.25) is 0 Å². The molecule has 3 heteroatoms. The number of carbonyl (C=O) groups is 2. The molecule has 0 aromatic rings. The molecule has 0 aliphatic carbocycles. The summed E-state index contributed by atoms with van der Waals surface area (Å²) in [7, 11) is 1.49. The number of hydrogen-bond acceptors (Lipinski definition) is 2. The summed E-state index contributed by atoms with van der Waals surface area (Å²) in [5, 5.41) is 0. The van der Waals surface area contributed by atoms with E-state index in [0.29, 0.717) is 0 Å². The SMILES string of the molecule is CC1C(=O)N(C)C1=O. The van der Waals surface area contributed by atoms with E-state index in [1.807, 2.05) is 0 Å². The molecular formula is C5H7NO2. The third-order valence-electron chi connectivity index (χ3n) is 1.40. The summed E-state index contributed by atoms with van der Waals surface area (Å²) < 4.78 is 0. The van der Waals surface area contributed by atoms with Crippen LogP contribution >= 0.6 is 0 Å². The number of likely N-dealkylation sites (tertiary alicyclic amines) is 1. The zero-order chi connectivity index (χ0) is 6.31. The van der Waals surface area contributed by atoms with Crippen LogP contribution in [-0.2, 0) is 9.59 Å². The fourth-order valence-electron chi connectivity index (χ4n) is 0.729. The molecule has 8 heavy (non-hydrogen) atoms. The Morgan fingerprint density at radius 2 is 1.75 bits per heavy atom. The maximum absolute atomic E-state index is 10.5. The van der Waals surface area contributed by atoms with Gasteiger partial charge in [-0.15, -0.1) is 0 Å². The van der Waals surface area contributed by atoms with Gasteiger partial charge >= 0.3 is 0 Å². The molecule has 0 atom stereocenters. The summed E-state index contributed by atoms with van der Waals surface area (Å²) in [5.41, 5.74) is 0. The normalized spacial score (nSPS) is 21.5. The fraction of sp³-hybridized carbons (Fsp3) is 0.600. The van der Waals surface area contributed by atoms with E-state index in [1.54, 1.807) is 6.92 Å². The molecule has 1 fully saturated rings. The van der Waals surface area contributed by atoms with Gasteiger partial charge in [0, 0.05) is 7.05 Å². The third kappa shape index (κ3) is 0.384. The van der Waals surface area contributed by atoms with E-state index in [2.05, 4.69) is 0 Å². The number of carbonyl (C=O) groups excluding carboxylic acids is 2. The molecule has 1 aliphatic rings. The summed E-state index contributed by atoms with van der Waals surface area (Å²) in [6.07, 6.45) is 0. The van der Waals surface area contributed by atoms with E-state index in [0.717, 1.165) is 4.90 Å². The van der Waals surface area contributed by atoms with Crippen molar-refractivity contribution in [2.75, 3.05) is 7.05 Å². The Kier molecular flexibility index (Phi) is 0.863. The lowest BCUT2D eigenvalue weighted by molar-refractivity contribution is -0.162. The van der Waals surface area contributed by atoms with Crippen LogP contribution in [0.5, 0.6) is 0 Å². The quantitative estimate of drug-likeness (QED) is 0.317. The van der Waals surface area contributed by atoms with Crippen LogP contribution in [0.25, 0.3) is 0 Å². The summed E-state index contributed by atoms with van der Waals surface area (Å²) in [6.45, 7) is 1.62. The van der Waals surface area contributed by atoms with E-state index in [1.165, 1.54) is 7.05 Å². The van der Waals surface area contributed by atoms with Crippen LogP contribution in [0.3, 0.4) is 0 Å². The number of imide groups is 1. The highest BCUT2D eigenvalue weighted by molar-refractivity contribution is 6.16. The van der Waals surface area contributed by atoms with E-state index in [-0.39, 0.29) is 17.7 Å². The predicted molar refractivity (Wildman–Crippen MR) is 26.9 cm³/mol. The van der Waals surface area contributed by atoms with Gasteiger partial charge in [0.15, 0.2) is 0 Å². The molecule has 1 saturated heterocycles. The van der Waals surface area contributed by atoms with Crippen molar-refractivity contribution in [2.45, 2.75) is 6.92 Å². The van der Waals surface area contributed by atoms with Gasteiger partial charge in [-0.2, -0.15) is 0 Å². The van der Waals surface area contributed by atoms with Gasteiger partial charge in [0.05, 0.1) is 0 Å². The number of nitrogens with zero attached hydrogens (tertiary/aromatic N) is 1. The molecule has 0 radical (unpaired) electrons. The summed E-state index contributed by atoms with van der Waals surface area (Å²) in [5.74, 6) is -0.523. The Labute approximate surface area is 47.3 Å². The van der Waals surface area contributed by atoms with Gasteiger partial charge in [-0.3, -0.25) is 14.5 Å². The van der Waals surface area contributed by atoms with Crippen LogP contribution in [0.4, 0.5) is 0 Å². The standard InChI is InChI=1S/C5H7NO2/c1-3-4(7)6(2)5(3)8/h3H,1-2H3. The smallest absolute Gasteiger partial charge is 0.241 e. The lowest BCUT2D eigenvalue weighted by Gasteiger charge is -2.29. The molecule has 0 spiro atoms. The minimum Gasteiger partial charge on any atom is -0.284 e. The van der Waals surface area contributed by atoms with Crippen LogP contribution in [0.1, 0.15) is 6.92 Å². The molecule has 0 bridgehead atoms.